The fourth-order valence-corrected chi connectivity index (χ4v) is 3.75. The number of fused-ring (bicyclic) bond motifs is 4. The zero-order chi connectivity index (χ0) is 20.3. The number of carbonyl (C=O) groups is 1. The summed E-state index contributed by atoms with van der Waals surface area (Å²) in [6.45, 7) is 1.52. The van der Waals surface area contributed by atoms with Crippen LogP contribution < -0.4 is 15.0 Å². The van der Waals surface area contributed by atoms with Crippen LogP contribution in [0.25, 0.3) is 0 Å². The molecule has 146 valence electrons. The number of non-ortho nitro benzene ring substituents is 1. The van der Waals surface area contributed by atoms with Crippen molar-refractivity contribution >= 4 is 17.4 Å². The number of nitro groups is 1. The van der Waals surface area contributed by atoms with Crippen LogP contribution in [0.15, 0.2) is 42.5 Å². The SMILES string of the molecule is C[C@]12C[C@@H](NC(=O)N1c1ccccc1C(F)(F)F)c1cc([N+](=O)[O-])ccc1O2. The van der Waals surface area contributed by atoms with Gasteiger partial charge < -0.3 is 10.1 Å². The van der Waals surface area contributed by atoms with Gasteiger partial charge in [-0.2, -0.15) is 13.2 Å². The lowest BCUT2D eigenvalue weighted by atomic mass is 9.89. The number of halogens is 3. The van der Waals surface area contributed by atoms with E-state index in [1.807, 2.05) is 0 Å². The highest BCUT2D eigenvalue weighted by Gasteiger charge is 2.52. The molecule has 2 atom stereocenters. The lowest BCUT2D eigenvalue weighted by Crippen LogP contribution is -2.65. The van der Waals surface area contributed by atoms with E-state index in [1.54, 1.807) is 0 Å². The third-order valence-corrected chi connectivity index (χ3v) is 4.92. The van der Waals surface area contributed by atoms with Gasteiger partial charge in [-0.05, 0) is 25.1 Å². The number of benzene rings is 2. The molecule has 10 heteroatoms. The number of carbonyl (C=O) groups excluding carboxylic acids is 1. The van der Waals surface area contributed by atoms with Gasteiger partial charge in [0.2, 0.25) is 0 Å². The number of anilines is 1. The number of urea groups is 1. The molecule has 4 rings (SSSR count). The summed E-state index contributed by atoms with van der Waals surface area (Å²) in [6, 6.07) is 7.33. The van der Waals surface area contributed by atoms with Crippen molar-refractivity contribution in [1.82, 2.24) is 5.32 Å². The van der Waals surface area contributed by atoms with Crippen LogP contribution in [0.3, 0.4) is 0 Å². The molecular formula is C18H14F3N3O4. The summed E-state index contributed by atoms with van der Waals surface area (Å²) in [5, 5.41) is 13.7. The monoisotopic (exact) mass is 393 g/mol. The molecule has 1 saturated heterocycles. The first kappa shape index (κ1) is 18.1. The number of rotatable bonds is 2. The Morgan fingerprint density at radius 1 is 1.29 bits per heavy atom. The van der Waals surface area contributed by atoms with Crippen molar-refractivity contribution in [2.24, 2.45) is 0 Å². The van der Waals surface area contributed by atoms with Gasteiger partial charge in [-0.15, -0.1) is 0 Å². The van der Waals surface area contributed by atoms with Crippen molar-refractivity contribution in [3.8, 4) is 5.75 Å². The minimum Gasteiger partial charge on any atom is -0.467 e. The number of nitro benzene ring substituents is 1. The Labute approximate surface area is 156 Å². The topological polar surface area (TPSA) is 84.7 Å². The van der Waals surface area contributed by atoms with Gasteiger partial charge in [-0.3, -0.25) is 15.0 Å². The van der Waals surface area contributed by atoms with E-state index in [0.717, 1.165) is 11.0 Å². The molecule has 7 nitrogen and oxygen atoms in total. The third-order valence-electron chi connectivity index (χ3n) is 4.92. The van der Waals surface area contributed by atoms with Gasteiger partial charge in [0.1, 0.15) is 5.75 Å². The smallest absolute Gasteiger partial charge is 0.418 e. The summed E-state index contributed by atoms with van der Waals surface area (Å²) in [5.74, 6) is 0.277. The summed E-state index contributed by atoms with van der Waals surface area (Å²) in [7, 11) is 0. The number of nitrogens with one attached hydrogen (secondary N) is 1. The number of alkyl halides is 3. The van der Waals surface area contributed by atoms with Crippen LogP contribution in [0.5, 0.6) is 5.75 Å². The molecule has 2 aliphatic rings. The highest BCUT2D eigenvalue weighted by molar-refractivity contribution is 5.95. The van der Waals surface area contributed by atoms with Crippen LogP contribution in [-0.2, 0) is 6.18 Å². The minimum absolute atomic E-state index is 0.124. The maximum absolute atomic E-state index is 13.5. The van der Waals surface area contributed by atoms with E-state index < -0.39 is 34.5 Å². The Balaban J connectivity index is 1.82. The predicted octanol–water partition coefficient (Wildman–Crippen LogP) is 4.38. The van der Waals surface area contributed by atoms with Gasteiger partial charge >= 0.3 is 12.2 Å². The van der Waals surface area contributed by atoms with E-state index in [1.165, 1.54) is 43.3 Å². The fourth-order valence-electron chi connectivity index (χ4n) is 3.75. The van der Waals surface area contributed by atoms with Gasteiger partial charge in [0.25, 0.3) is 5.69 Å². The zero-order valence-corrected chi connectivity index (χ0v) is 14.5. The molecule has 1 N–H and O–H groups in total. The first-order valence-electron chi connectivity index (χ1n) is 8.34. The van der Waals surface area contributed by atoms with Crippen LogP contribution >= 0.6 is 0 Å². The number of para-hydroxylation sites is 1. The summed E-state index contributed by atoms with van der Waals surface area (Å²) in [4.78, 5) is 24.2. The molecule has 0 saturated carbocycles. The molecule has 2 aromatic carbocycles. The van der Waals surface area contributed by atoms with Crippen molar-refractivity contribution in [2.75, 3.05) is 4.90 Å². The normalized spacial score (nSPS) is 23.5. The van der Waals surface area contributed by atoms with Gasteiger partial charge in [-0.25, -0.2) is 4.79 Å². The average Bonchev–Trinajstić information content (AvgIpc) is 2.60. The number of hydrogen-bond donors (Lipinski definition) is 1. The number of ether oxygens (including phenoxy) is 1. The predicted molar refractivity (Wildman–Crippen MR) is 91.9 cm³/mol. The summed E-state index contributed by atoms with van der Waals surface area (Å²) in [6.07, 6.45) is -4.53. The molecule has 28 heavy (non-hydrogen) atoms. The zero-order valence-electron chi connectivity index (χ0n) is 14.5. The maximum atomic E-state index is 13.5. The quantitative estimate of drug-likeness (QED) is 0.606. The van der Waals surface area contributed by atoms with E-state index in [0.29, 0.717) is 5.56 Å². The third kappa shape index (κ3) is 2.72. The Hall–Kier alpha value is -3.30. The Morgan fingerprint density at radius 3 is 2.68 bits per heavy atom. The second kappa shape index (κ2) is 5.85. The Bertz CT molecular complexity index is 994. The molecule has 2 heterocycles. The first-order valence-corrected chi connectivity index (χ1v) is 8.34. The van der Waals surface area contributed by atoms with Crippen LogP contribution in [0, 0.1) is 10.1 Å². The Morgan fingerprint density at radius 2 is 2.00 bits per heavy atom. The van der Waals surface area contributed by atoms with E-state index in [2.05, 4.69) is 5.32 Å². The average molecular weight is 393 g/mol. The van der Waals surface area contributed by atoms with E-state index in [4.69, 9.17) is 4.74 Å². The molecular weight excluding hydrogens is 379 g/mol. The molecule has 2 amide bonds. The molecule has 0 radical (unpaired) electrons. The molecule has 1 fully saturated rings. The lowest BCUT2D eigenvalue weighted by molar-refractivity contribution is -0.385. The Kier molecular flexibility index (Phi) is 3.78. The highest BCUT2D eigenvalue weighted by atomic mass is 19.4. The van der Waals surface area contributed by atoms with Gasteiger partial charge in [-0.1, -0.05) is 12.1 Å². The number of nitrogens with zero attached hydrogens (tertiary/aromatic N) is 2. The van der Waals surface area contributed by atoms with Crippen molar-refractivity contribution in [2.45, 2.75) is 31.3 Å². The summed E-state index contributed by atoms with van der Waals surface area (Å²) < 4.78 is 46.3. The molecule has 0 aromatic heterocycles. The van der Waals surface area contributed by atoms with Crippen LogP contribution in [0.4, 0.5) is 29.3 Å². The first-order chi connectivity index (χ1) is 13.1. The van der Waals surface area contributed by atoms with Crippen LogP contribution in [0.2, 0.25) is 0 Å². The molecule has 2 bridgehead atoms. The van der Waals surface area contributed by atoms with Crippen LogP contribution in [-0.4, -0.2) is 16.7 Å². The molecule has 0 aliphatic carbocycles. The largest absolute Gasteiger partial charge is 0.467 e. The van der Waals surface area contributed by atoms with Crippen LogP contribution in [0.1, 0.15) is 30.5 Å². The summed E-state index contributed by atoms with van der Waals surface area (Å²) in [5.41, 5.74) is -2.41. The second-order valence-electron chi connectivity index (χ2n) is 6.81. The molecule has 2 aromatic rings. The van der Waals surface area contributed by atoms with Gasteiger partial charge in [0, 0.05) is 24.1 Å². The van der Waals surface area contributed by atoms with E-state index >= 15 is 0 Å². The lowest BCUT2D eigenvalue weighted by Gasteiger charge is -2.50. The summed E-state index contributed by atoms with van der Waals surface area (Å²) >= 11 is 0. The van der Waals surface area contributed by atoms with Gasteiger partial charge in [0.05, 0.1) is 22.2 Å². The molecule has 0 unspecified atom stereocenters. The van der Waals surface area contributed by atoms with E-state index in [-0.39, 0.29) is 23.5 Å². The van der Waals surface area contributed by atoms with Crippen molar-refractivity contribution in [3.05, 3.63) is 63.7 Å². The van der Waals surface area contributed by atoms with Gasteiger partial charge in [0.15, 0.2) is 5.72 Å². The van der Waals surface area contributed by atoms with Crippen molar-refractivity contribution in [1.29, 1.82) is 0 Å². The second-order valence-corrected chi connectivity index (χ2v) is 6.81. The highest BCUT2D eigenvalue weighted by Crippen LogP contribution is 2.48. The minimum atomic E-state index is -4.66. The fraction of sp³-hybridized carbons (Fsp3) is 0.278. The van der Waals surface area contributed by atoms with E-state index in [9.17, 15) is 28.1 Å². The number of hydrogen-bond acceptors (Lipinski definition) is 4. The maximum Gasteiger partial charge on any atom is 0.418 e. The van der Waals surface area contributed by atoms with Crippen molar-refractivity contribution in [3.63, 3.8) is 0 Å². The molecule has 2 aliphatic heterocycles. The molecule has 0 spiro atoms. The van der Waals surface area contributed by atoms with Crippen molar-refractivity contribution < 1.29 is 27.6 Å². The standard InChI is InChI=1S/C18H14F3N3O4/c1-17-9-13(11-8-10(24(26)27)6-7-15(11)28-17)22-16(25)23(17)14-5-3-2-4-12(14)18(19,20)21/h2-8,13H,9H2,1H3,(H,22,25)/t13-,17+/m1/s1. The number of amides is 2.